The monoisotopic (exact) mass is 299 g/mol. The summed E-state index contributed by atoms with van der Waals surface area (Å²) in [6.07, 6.45) is 2.97. The SMILES string of the molecule is CN(CCC1CCOCC1)C(=O)c1c(F)cccc1Cl. The minimum absolute atomic E-state index is 0.0383. The fraction of sp³-hybridized carbons (Fsp3) is 0.533. The number of rotatable bonds is 4. The van der Waals surface area contributed by atoms with Crippen molar-refractivity contribution in [2.75, 3.05) is 26.8 Å². The normalized spacial score (nSPS) is 16.1. The third kappa shape index (κ3) is 3.70. The summed E-state index contributed by atoms with van der Waals surface area (Å²) in [5.41, 5.74) is -0.0383. The molecule has 3 nitrogen and oxygen atoms in total. The van der Waals surface area contributed by atoms with Crippen molar-refractivity contribution in [3.63, 3.8) is 0 Å². The predicted octanol–water partition coefficient (Wildman–Crippen LogP) is 3.37. The zero-order valence-electron chi connectivity index (χ0n) is 11.6. The van der Waals surface area contributed by atoms with Gasteiger partial charge in [-0.25, -0.2) is 4.39 Å². The van der Waals surface area contributed by atoms with Crippen LogP contribution in [0.4, 0.5) is 4.39 Å². The first-order chi connectivity index (χ1) is 9.59. The van der Waals surface area contributed by atoms with Gasteiger partial charge in [0.25, 0.3) is 5.91 Å². The molecule has 1 saturated heterocycles. The third-order valence-corrected chi connectivity index (χ3v) is 4.05. The molecule has 5 heteroatoms. The molecule has 0 radical (unpaired) electrons. The van der Waals surface area contributed by atoms with Crippen LogP contribution in [0.15, 0.2) is 18.2 Å². The van der Waals surface area contributed by atoms with Crippen molar-refractivity contribution in [2.24, 2.45) is 5.92 Å². The summed E-state index contributed by atoms with van der Waals surface area (Å²) >= 11 is 5.91. The average molecular weight is 300 g/mol. The van der Waals surface area contributed by atoms with Crippen molar-refractivity contribution in [1.29, 1.82) is 0 Å². The Morgan fingerprint density at radius 1 is 1.45 bits per heavy atom. The van der Waals surface area contributed by atoms with Gasteiger partial charge in [-0.3, -0.25) is 4.79 Å². The maximum Gasteiger partial charge on any atom is 0.258 e. The molecule has 0 spiro atoms. The van der Waals surface area contributed by atoms with Crippen molar-refractivity contribution in [1.82, 2.24) is 4.90 Å². The second-order valence-corrected chi connectivity index (χ2v) is 5.57. The summed E-state index contributed by atoms with van der Waals surface area (Å²) in [7, 11) is 1.68. The summed E-state index contributed by atoms with van der Waals surface area (Å²) in [6, 6.07) is 4.28. The molecule has 1 aromatic carbocycles. The van der Waals surface area contributed by atoms with Crippen LogP contribution in [0.1, 0.15) is 29.6 Å². The Kier molecular flexibility index (Phi) is 5.38. The maximum absolute atomic E-state index is 13.7. The van der Waals surface area contributed by atoms with Gasteiger partial charge in [0.05, 0.1) is 10.6 Å². The van der Waals surface area contributed by atoms with Crippen LogP contribution in [0.5, 0.6) is 0 Å². The van der Waals surface area contributed by atoms with E-state index in [1.165, 1.54) is 18.2 Å². The van der Waals surface area contributed by atoms with Crippen LogP contribution in [-0.2, 0) is 4.74 Å². The van der Waals surface area contributed by atoms with Crippen LogP contribution in [-0.4, -0.2) is 37.6 Å². The van der Waals surface area contributed by atoms with E-state index in [1.54, 1.807) is 11.9 Å². The number of halogens is 2. The van der Waals surface area contributed by atoms with Crippen LogP contribution in [0.25, 0.3) is 0 Å². The number of ether oxygens (including phenoxy) is 1. The highest BCUT2D eigenvalue weighted by Crippen LogP contribution is 2.22. The van der Waals surface area contributed by atoms with Gasteiger partial charge in [-0.15, -0.1) is 0 Å². The van der Waals surface area contributed by atoms with Crippen molar-refractivity contribution in [3.8, 4) is 0 Å². The summed E-state index contributed by atoms with van der Waals surface area (Å²) < 4.78 is 19.0. The highest BCUT2D eigenvalue weighted by molar-refractivity contribution is 6.33. The summed E-state index contributed by atoms with van der Waals surface area (Å²) in [4.78, 5) is 13.8. The maximum atomic E-state index is 13.7. The summed E-state index contributed by atoms with van der Waals surface area (Å²) in [5, 5.41) is 0.160. The van der Waals surface area contributed by atoms with E-state index in [0.29, 0.717) is 12.5 Å². The Hall–Kier alpha value is -1.13. The molecule has 0 N–H and O–H groups in total. The molecule has 2 rings (SSSR count). The Morgan fingerprint density at radius 3 is 2.80 bits per heavy atom. The number of hydrogen-bond acceptors (Lipinski definition) is 2. The molecule has 0 saturated carbocycles. The lowest BCUT2D eigenvalue weighted by Crippen LogP contribution is -2.30. The molecule has 1 amide bonds. The largest absolute Gasteiger partial charge is 0.381 e. The Balaban J connectivity index is 1.94. The van der Waals surface area contributed by atoms with Gasteiger partial charge in [0.15, 0.2) is 0 Å². The average Bonchev–Trinajstić information content (AvgIpc) is 2.45. The molecule has 1 fully saturated rings. The number of hydrogen-bond donors (Lipinski definition) is 0. The first-order valence-electron chi connectivity index (χ1n) is 6.87. The molecule has 0 aromatic heterocycles. The Bertz CT molecular complexity index is 455. The lowest BCUT2D eigenvalue weighted by molar-refractivity contribution is 0.0583. The molecule has 110 valence electrons. The zero-order valence-corrected chi connectivity index (χ0v) is 12.3. The smallest absolute Gasteiger partial charge is 0.258 e. The molecule has 20 heavy (non-hydrogen) atoms. The number of carbonyl (C=O) groups excluding carboxylic acids is 1. The standard InChI is InChI=1S/C15H19ClFNO2/c1-18(8-5-11-6-9-20-10-7-11)15(19)14-12(16)3-2-4-13(14)17/h2-4,11H,5-10H2,1H3. The van der Waals surface area contributed by atoms with Crippen LogP contribution in [0.3, 0.4) is 0 Å². The number of nitrogens with zero attached hydrogens (tertiary/aromatic N) is 1. The molecule has 1 aliphatic rings. The van der Waals surface area contributed by atoms with E-state index >= 15 is 0 Å². The van der Waals surface area contributed by atoms with Crippen molar-refractivity contribution >= 4 is 17.5 Å². The van der Waals surface area contributed by atoms with Crippen LogP contribution in [0.2, 0.25) is 5.02 Å². The van der Waals surface area contributed by atoms with Gasteiger partial charge in [0, 0.05) is 26.8 Å². The second-order valence-electron chi connectivity index (χ2n) is 5.17. The quantitative estimate of drug-likeness (QED) is 0.853. The number of benzene rings is 1. The van der Waals surface area contributed by atoms with Crippen molar-refractivity contribution in [2.45, 2.75) is 19.3 Å². The van der Waals surface area contributed by atoms with Gasteiger partial charge in [-0.1, -0.05) is 17.7 Å². The van der Waals surface area contributed by atoms with E-state index < -0.39 is 5.82 Å². The molecule has 0 atom stereocenters. The molecule has 1 aliphatic heterocycles. The van der Waals surface area contributed by atoms with E-state index in [0.717, 1.165) is 32.5 Å². The van der Waals surface area contributed by atoms with Gasteiger partial charge < -0.3 is 9.64 Å². The molecule has 0 unspecified atom stereocenters. The lowest BCUT2D eigenvalue weighted by atomic mass is 9.96. The first-order valence-corrected chi connectivity index (χ1v) is 7.24. The van der Waals surface area contributed by atoms with E-state index in [2.05, 4.69) is 0 Å². The molecule has 0 bridgehead atoms. The number of carbonyl (C=O) groups is 1. The minimum atomic E-state index is -0.569. The van der Waals surface area contributed by atoms with E-state index in [1.807, 2.05) is 0 Å². The van der Waals surface area contributed by atoms with E-state index in [9.17, 15) is 9.18 Å². The highest BCUT2D eigenvalue weighted by atomic mass is 35.5. The van der Waals surface area contributed by atoms with Gasteiger partial charge in [-0.2, -0.15) is 0 Å². The summed E-state index contributed by atoms with van der Waals surface area (Å²) in [5.74, 6) is -0.351. The lowest BCUT2D eigenvalue weighted by Gasteiger charge is -2.25. The highest BCUT2D eigenvalue weighted by Gasteiger charge is 2.21. The van der Waals surface area contributed by atoms with Gasteiger partial charge in [-0.05, 0) is 37.3 Å². The fourth-order valence-electron chi connectivity index (χ4n) is 2.41. The summed E-state index contributed by atoms with van der Waals surface area (Å²) in [6.45, 7) is 2.19. The molecule has 1 heterocycles. The fourth-order valence-corrected chi connectivity index (χ4v) is 2.65. The second kappa shape index (κ2) is 7.04. The van der Waals surface area contributed by atoms with Gasteiger partial charge in [0.2, 0.25) is 0 Å². The van der Waals surface area contributed by atoms with Gasteiger partial charge in [0.1, 0.15) is 5.82 Å². The minimum Gasteiger partial charge on any atom is -0.381 e. The van der Waals surface area contributed by atoms with Gasteiger partial charge >= 0.3 is 0 Å². The molecule has 0 aliphatic carbocycles. The van der Waals surface area contributed by atoms with E-state index in [4.69, 9.17) is 16.3 Å². The topological polar surface area (TPSA) is 29.5 Å². The third-order valence-electron chi connectivity index (χ3n) is 3.74. The Morgan fingerprint density at radius 2 is 2.15 bits per heavy atom. The van der Waals surface area contributed by atoms with Crippen LogP contribution in [0, 0.1) is 11.7 Å². The zero-order chi connectivity index (χ0) is 14.5. The van der Waals surface area contributed by atoms with Crippen molar-refractivity contribution in [3.05, 3.63) is 34.6 Å². The predicted molar refractivity (Wildman–Crippen MR) is 76.5 cm³/mol. The van der Waals surface area contributed by atoms with Crippen molar-refractivity contribution < 1.29 is 13.9 Å². The molecule has 1 aromatic rings. The Labute approximate surface area is 123 Å². The molecular weight excluding hydrogens is 281 g/mol. The van der Waals surface area contributed by atoms with Crippen LogP contribution < -0.4 is 0 Å². The van der Waals surface area contributed by atoms with E-state index in [-0.39, 0.29) is 16.5 Å². The first kappa shape index (κ1) is 15.3. The van der Waals surface area contributed by atoms with Crippen LogP contribution >= 0.6 is 11.6 Å². The molecular formula is C15H19ClFNO2. The number of amides is 1.